The average molecular weight is 343 g/mol. The third-order valence-electron chi connectivity index (χ3n) is 3.80. The zero-order valence-corrected chi connectivity index (χ0v) is 14.2. The second-order valence-electron chi connectivity index (χ2n) is 5.70. The van der Waals surface area contributed by atoms with Gasteiger partial charge in [0.2, 0.25) is 5.91 Å². The van der Waals surface area contributed by atoms with E-state index in [0.717, 1.165) is 5.39 Å². The van der Waals surface area contributed by atoms with Gasteiger partial charge in [0, 0.05) is 11.6 Å². The van der Waals surface area contributed by atoms with Crippen LogP contribution < -0.4 is 11.1 Å². The third-order valence-corrected chi connectivity index (χ3v) is 3.80. The summed E-state index contributed by atoms with van der Waals surface area (Å²) in [6.07, 6.45) is 1.66. The van der Waals surface area contributed by atoms with Crippen LogP contribution in [0.1, 0.15) is 30.6 Å². The average Bonchev–Trinajstić information content (AvgIpc) is 2.60. The molecular weight excluding hydrogens is 322 g/mol. The summed E-state index contributed by atoms with van der Waals surface area (Å²) in [6.45, 7) is 3.57. The molecule has 7 heteroatoms. The Labute approximate surface area is 145 Å². The molecule has 2 atom stereocenters. The molecule has 0 saturated heterocycles. The van der Waals surface area contributed by atoms with Crippen molar-refractivity contribution in [1.29, 1.82) is 0 Å². The molecule has 0 fully saturated rings. The minimum absolute atomic E-state index is 0.0676. The predicted octanol–water partition coefficient (Wildman–Crippen LogP) is 1.41. The number of carbonyl (C=O) groups is 3. The molecule has 1 heterocycles. The molecule has 0 saturated carbocycles. The standard InChI is InChI=1S/C18H21N3O4/c1-3-25-18(24)11(2)10-14(16(19)22)21-17(23)13-8-4-6-12-7-5-9-20-15(12)13/h4-9,11,14H,3,10H2,1-2H3,(H2,19,22)(H,21,23)/t11-,14-/m1/s1. The third kappa shape index (κ3) is 4.53. The number of pyridine rings is 1. The van der Waals surface area contributed by atoms with Crippen molar-refractivity contribution in [3.63, 3.8) is 0 Å². The van der Waals surface area contributed by atoms with Crippen molar-refractivity contribution in [2.75, 3.05) is 6.61 Å². The molecule has 3 N–H and O–H groups in total. The molecule has 0 bridgehead atoms. The Balaban J connectivity index is 2.17. The number of nitrogens with one attached hydrogen (secondary N) is 1. The molecule has 2 aromatic rings. The topological polar surface area (TPSA) is 111 Å². The van der Waals surface area contributed by atoms with Crippen molar-refractivity contribution >= 4 is 28.7 Å². The SMILES string of the molecule is CCOC(=O)[C@H](C)C[C@@H](NC(=O)c1cccc2cccnc12)C(N)=O. The molecule has 25 heavy (non-hydrogen) atoms. The van der Waals surface area contributed by atoms with Gasteiger partial charge in [-0.05, 0) is 25.5 Å². The van der Waals surface area contributed by atoms with E-state index in [-0.39, 0.29) is 13.0 Å². The highest BCUT2D eigenvalue weighted by atomic mass is 16.5. The summed E-state index contributed by atoms with van der Waals surface area (Å²) < 4.78 is 4.92. The predicted molar refractivity (Wildman–Crippen MR) is 92.6 cm³/mol. The van der Waals surface area contributed by atoms with Crippen LogP contribution in [0.3, 0.4) is 0 Å². The zero-order chi connectivity index (χ0) is 18.4. The lowest BCUT2D eigenvalue weighted by molar-refractivity contribution is -0.147. The van der Waals surface area contributed by atoms with E-state index in [9.17, 15) is 14.4 Å². The van der Waals surface area contributed by atoms with Gasteiger partial charge in [0.05, 0.1) is 23.6 Å². The van der Waals surface area contributed by atoms with E-state index in [1.165, 1.54) is 0 Å². The lowest BCUT2D eigenvalue weighted by Crippen LogP contribution is -2.46. The summed E-state index contributed by atoms with van der Waals surface area (Å²) in [7, 11) is 0. The Kier molecular flexibility index (Phi) is 6.05. The molecule has 0 aliphatic carbocycles. The van der Waals surface area contributed by atoms with Gasteiger partial charge in [-0.15, -0.1) is 0 Å². The first-order valence-corrected chi connectivity index (χ1v) is 8.04. The maximum atomic E-state index is 12.6. The van der Waals surface area contributed by atoms with Crippen molar-refractivity contribution in [3.05, 3.63) is 42.1 Å². The fourth-order valence-corrected chi connectivity index (χ4v) is 2.50. The molecule has 0 aliphatic heterocycles. The van der Waals surface area contributed by atoms with Crippen LogP contribution >= 0.6 is 0 Å². The second kappa shape index (κ2) is 8.23. The molecule has 1 aromatic heterocycles. The first-order valence-electron chi connectivity index (χ1n) is 8.04. The smallest absolute Gasteiger partial charge is 0.308 e. The van der Waals surface area contributed by atoms with E-state index < -0.39 is 29.7 Å². The number of amides is 2. The summed E-state index contributed by atoms with van der Waals surface area (Å²) in [5.41, 5.74) is 6.25. The van der Waals surface area contributed by atoms with E-state index in [1.807, 2.05) is 12.1 Å². The number of carbonyl (C=O) groups excluding carboxylic acids is 3. The Morgan fingerprint density at radius 3 is 2.64 bits per heavy atom. The number of rotatable bonds is 7. The van der Waals surface area contributed by atoms with E-state index in [0.29, 0.717) is 11.1 Å². The Morgan fingerprint density at radius 2 is 1.96 bits per heavy atom. The molecule has 1 aromatic carbocycles. The fraction of sp³-hybridized carbons (Fsp3) is 0.333. The van der Waals surface area contributed by atoms with Crippen LogP contribution in [0.25, 0.3) is 10.9 Å². The number of ether oxygens (including phenoxy) is 1. The van der Waals surface area contributed by atoms with Gasteiger partial charge in [-0.25, -0.2) is 0 Å². The highest BCUT2D eigenvalue weighted by Gasteiger charge is 2.26. The number of hydrogen-bond donors (Lipinski definition) is 2. The van der Waals surface area contributed by atoms with E-state index >= 15 is 0 Å². The molecule has 0 unspecified atom stereocenters. The second-order valence-corrected chi connectivity index (χ2v) is 5.70. The van der Waals surface area contributed by atoms with Gasteiger partial charge in [0.1, 0.15) is 6.04 Å². The molecule has 2 amide bonds. The van der Waals surface area contributed by atoms with Gasteiger partial charge in [0.15, 0.2) is 0 Å². The number of esters is 1. The highest BCUT2D eigenvalue weighted by Crippen LogP contribution is 2.16. The van der Waals surface area contributed by atoms with Crippen LogP contribution in [0, 0.1) is 5.92 Å². The van der Waals surface area contributed by atoms with Crippen LogP contribution in [-0.4, -0.2) is 35.4 Å². The van der Waals surface area contributed by atoms with Gasteiger partial charge >= 0.3 is 5.97 Å². The Bertz CT molecular complexity index is 785. The van der Waals surface area contributed by atoms with Crippen molar-refractivity contribution in [2.24, 2.45) is 11.7 Å². The van der Waals surface area contributed by atoms with Gasteiger partial charge < -0.3 is 15.8 Å². The maximum absolute atomic E-state index is 12.6. The molecule has 0 aliphatic rings. The fourth-order valence-electron chi connectivity index (χ4n) is 2.50. The van der Waals surface area contributed by atoms with Crippen molar-refractivity contribution < 1.29 is 19.1 Å². The van der Waals surface area contributed by atoms with Crippen molar-refractivity contribution in [2.45, 2.75) is 26.3 Å². The van der Waals surface area contributed by atoms with Crippen LogP contribution in [0.5, 0.6) is 0 Å². The lowest BCUT2D eigenvalue weighted by atomic mass is 10.0. The maximum Gasteiger partial charge on any atom is 0.308 e. The number of fused-ring (bicyclic) bond motifs is 1. The van der Waals surface area contributed by atoms with Crippen molar-refractivity contribution in [3.8, 4) is 0 Å². The summed E-state index contributed by atoms with van der Waals surface area (Å²) >= 11 is 0. The largest absolute Gasteiger partial charge is 0.466 e. The quantitative estimate of drug-likeness (QED) is 0.738. The Hall–Kier alpha value is -2.96. The number of nitrogens with zero attached hydrogens (tertiary/aromatic N) is 1. The van der Waals surface area contributed by atoms with Crippen LogP contribution in [0.4, 0.5) is 0 Å². The van der Waals surface area contributed by atoms with E-state index in [4.69, 9.17) is 10.5 Å². The molecular formula is C18H21N3O4. The number of benzene rings is 1. The van der Waals surface area contributed by atoms with Crippen LogP contribution in [-0.2, 0) is 14.3 Å². The molecule has 2 rings (SSSR count). The number of aromatic nitrogens is 1. The number of para-hydroxylation sites is 1. The van der Waals surface area contributed by atoms with Crippen LogP contribution in [0.15, 0.2) is 36.5 Å². The highest BCUT2D eigenvalue weighted by molar-refractivity contribution is 6.06. The minimum Gasteiger partial charge on any atom is -0.466 e. The Morgan fingerprint density at radius 1 is 1.24 bits per heavy atom. The normalized spacial score (nSPS) is 13.0. The zero-order valence-electron chi connectivity index (χ0n) is 14.2. The molecule has 0 radical (unpaired) electrons. The number of primary amides is 1. The minimum atomic E-state index is -0.981. The van der Waals surface area contributed by atoms with E-state index in [1.54, 1.807) is 38.2 Å². The molecule has 7 nitrogen and oxygen atoms in total. The first-order chi connectivity index (χ1) is 11.9. The molecule has 0 spiro atoms. The molecule has 132 valence electrons. The monoisotopic (exact) mass is 343 g/mol. The summed E-state index contributed by atoms with van der Waals surface area (Å²) in [4.78, 5) is 40.2. The van der Waals surface area contributed by atoms with Gasteiger partial charge in [-0.2, -0.15) is 0 Å². The number of nitrogens with two attached hydrogens (primary N) is 1. The lowest BCUT2D eigenvalue weighted by Gasteiger charge is -2.19. The van der Waals surface area contributed by atoms with Gasteiger partial charge in [0.25, 0.3) is 5.91 Å². The summed E-state index contributed by atoms with van der Waals surface area (Å²) in [5, 5.41) is 3.40. The number of hydrogen-bond acceptors (Lipinski definition) is 5. The van der Waals surface area contributed by atoms with Gasteiger partial charge in [-0.3, -0.25) is 19.4 Å². The van der Waals surface area contributed by atoms with Gasteiger partial charge in [-0.1, -0.05) is 25.1 Å². The summed E-state index contributed by atoms with van der Waals surface area (Å²) in [5.74, 6) is -2.18. The summed E-state index contributed by atoms with van der Waals surface area (Å²) in [6, 6.07) is 7.83. The van der Waals surface area contributed by atoms with Crippen LogP contribution in [0.2, 0.25) is 0 Å². The van der Waals surface area contributed by atoms with Crippen molar-refractivity contribution in [1.82, 2.24) is 10.3 Å². The first kappa shape index (κ1) is 18.4. The van der Waals surface area contributed by atoms with E-state index in [2.05, 4.69) is 10.3 Å².